The van der Waals surface area contributed by atoms with E-state index >= 15 is 0 Å². The van der Waals surface area contributed by atoms with Crippen molar-refractivity contribution in [2.45, 2.75) is 24.5 Å². The molecule has 8 rings (SSSR count). The van der Waals surface area contributed by atoms with Gasteiger partial charge in [0.1, 0.15) is 31.0 Å². The Hall–Kier alpha value is -8.36. The molecule has 5 aromatic carbocycles. The van der Waals surface area contributed by atoms with E-state index in [4.69, 9.17) is 28.9 Å². The van der Waals surface area contributed by atoms with Crippen LogP contribution in [-0.2, 0) is 60.7 Å². The van der Waals surface area contributed by atoms with Gasteiger partial charge < -0.3 is 27.0 Å². The number of nitrogens with two attached hydrogens (primary N) is 1. The van der Waals surface area contributed by atoms with Crippen LogP contribution in [0.4, 0.5) is 69.3 Å². The van der Waals surface area contributed by atoms with E-state index in [9.17, 15) is 82.6 Å². The van der Waals surface area contributed by atoms with Crippen molar-refractivity contribution < 1.29 is 82.6 Å². The molecular weight excluding hydrogens is 1260 g/mol. The van der Waals surface area contributed by atoms with Crippen molar-refractivity contribution in [3.63, 3.8) is 0 Å². The van der Waals surface area contributed by atoms with Crippen molar-refractivity contribution in [1.82, 2.24) is 29.9 Å². The van der Waals surface area contributed by atoms with Crippen LogP contribution in [0.3, 0.4) is 0 Å². The third kappa shape index (κ3) is 14.0. The van der Waals surface area contributed by atoms with E-state index in [-0.39, 0.29) is 46.5 Å². The average molecular weight is 1290 g/mol. The number of hydrazone groups is 1. The molecule has 0 atom stereocenters. The highest BCUT2D eigenvalue weighted by Gasteiger charge is 2.37. The Balaban J connectivity index is 1.14. The zero-order valence-electron chi connectivity index (χ0n) is 39.5. The Bertz CT molecular complexity index is 4660. The number of anilines is 10. The van der Waals surface area contributed by atoms with Crippen LogP contribution < -0.4 is 32.4 Å². The SMILES string of the molecule is Nc1c(N=Nc2cc(Nc3nc(Cl)nc(Nc4ccc(S(=O)(=O)O)cc4)n3)ccc2S(=O)(=O)O)c(S(=O)(=O)O)cc2c1C(=O)/C(=N\Nc1cc(Nc3nc(Cl)nc(Nc4ccc(S(=O)(=O)O)cc4)n3)ccc1S(=O)(=O)O)C(S(=O)(=O)O)=C2. The number of rotatable bonds is 18. The van der Waals surface area contributed by atoms with Gasteiger partial charge in [0.05, 0.1) is 26.7 Å². The Morgan fingerprint density at radius 2 is 0.878 bits per heavy atom. The van der Waals surface area contributed by atoms with E-state index in [1.807, 2.05) is 0 Å². The van der Waals surface area contributed by atoms with E-state index in [1.54, 1.807) is 0 Å². The first-order valence-corrected chi connectivity index (χ1v) is 30.6. The van der Waals surface area contributed by atoms with Gasteiger partial charge in [-0.3, -0.25) is 37.5 Å². The predicted octanol–water partition coefficient (Wildman–Crippen LogP) is 5.46. The lowest BCUT2D eigenvalue weighted by molar-refractivity contribution is 0.106. The van der Waals surface area contributed by atoms with Crippen molar-refractivity contribution in [2.75, 3.05) is 32.4 Å². The van der Waals surface area contributed by atoms with E-state index < -0.39 is 146 Å². The van der Waals surface area contributed by atoms with Crippen molar-refractivity contribution in [3.8, 4) is 0 Å². The summed E-state index contributed by atoms with van der Waals surface area (Å²) in [5, 5.41) is 20.9. The van der Waals surface area contributed by atoms with Crippen molar-refractivity contribution >= 4 is 171 Å². The maximum Gasteiger partial charge on any atom is 0.296 e. The van der Waals surface area contributed by atoms with Crippen LogP contribution >= 0.6 is 23.2 Å². The number of allylic oxidation sites excluding steroid dienone is 1. The molecule has 0 fully saturated rings. The topological polar surface area (TPSA) is 544 Å². The number of hydrogen-bond donors (Lipinski definition) is 12. The van der Waals surface area contributed by atoms with Crippen LogP contribution in [0.1, 0.15) is 15.9 Å². The number of Topliss-reactive ketones (excluding diaryl/α,β-unsaturated/α-hetero) is 1. The number of nitrogens with one attached hydrogen (secondary N) is 5. The quantitative estimate of drug-likeness (QED) is 0.0219. The second kappa shape index (κ2) is 22.2. The summed E-state index contributed by atoms with van der Waals surface area (Å²) in [4.78, 5) is 32.6. The molecule has 82 heavy (non-hydrogen) atoms. The fourth-order valence-corrected chi connectivity index (χ4v) is 10.8. The highest BCUT2D eigenvalue weighted by Crippen LogP contribution is 2.42. The molecule has 0 spiro atoms. The minimum Gasteiger partial charge on any atom is -0.396 e. The molecule has 2 aromatic heterocycles. The van der Waals surface area contributed by atoms with Gasteiger partial charge in [0.25, 0.3) is 60.7 Å². The molecule has 0 radical (unpaired) electrons. The van der Waals surface area contributed by atoms with Crippen molar-refractivity contribution in [1.29, 1.82) is 0 Å². The number of ketones is 1. The van der Waals surface area contributed by atoms with E-state index in [1.165, 1.54) is 24.3 Å². The lowest BCUT2D eigenvalue weighted by Crippen LogP contribution is -2.28. The zero-order chi connectivity index (χ0) is 60.1. The highest BCUT2D eigenvalue weighted by atomic mass is 35.5. The third-order valence-electron chi connectivity index (χ3n) is 10.4. The van der Waals surface area contributed by atoms with Crippen LogP contribution in [-0.4, -0.2) is 119 Å². The normalized spacial score (nSPS) is 13.8. The largest absolute Gasteiger partial charge is 0.396 e. The van der Waals surface area contributed by atoms with Gasteiger partial charge in [-0.2, -0.15) is 85.5 Å². The first-order valence-electron chi connectivity index (χ1n) is 21.2. The first-order chi connectivity index (χ1) is 38.0. The molecular formula is C40H29Cl2N15O19S6. The van der Waals surface area contributed by atoms with E-state index in [0.29, 0.717) is 12.1 Å². The second-order valence-corrected chi connectivity index (χ2v) is 25.1. The smallest absolute Gasteiger partial charge is 0.296 e. The lowest BCUT2D eigenvalue weighted by Gasteiger charge is -2.20. The van der Waals surface area contributed by atoms with Crippen LogP contribution in [0.2, 0.25) is 10.6 Å². The number of benzene rings is 5. The van der Waals surface area contributed by atoms with Gasteiger partial charge in [0, 0.05) is 22.7 Å². The molecule has 34 nitrogen and oxygen atoms in total. The maximum absolute atomic E-state index is 14.4. The number of halogens is 2. The number of carbonyl (C=O) groups excluding carboxylic acids is 1. The third-order valence-corrected chi connectivity index (χ3v) is 16.1. The minimum absolute atomic E-state index is 0.148. The van der Waals surface area contributed by atoms with Gasteiger partial charge in [0.2, 0.25) is 40.1 Å². The van der Waals surface area contributed by atoms with Gasteiger partial charge >= 0.3 is 0 Å². The van der Waals surface area contributed by atoms with E-state index in [2.05, 4.69) is 71.9 Å². The van der Waals surface area contributed by atoms with Crippen molar-refractivity contribution in [3.05, 3.63) is 118 Å². The summed E-state index contributed by atoms with van der Waals surface area (Å²) in [6, 6.07) is 15.0. The molecule has 1 aliphatic carbocycles. The molecule has 0 bridgehead atoms. The molecule has 0 saturated carbocycles. The number of nitrogen functional groups attached to an aromatic ring is 1. The molecule has 0 saturated heterocycles. The standard InChI is InChI=1S/C40H29Cl2N15O19S6/c41-35-48-37(44-18-1-7-22(8-2-18)77(59,60)61)52-39(50-35)46-20-5-11-26(79(65,66)67)24(15-20)54-56-32-28(81(71,72)73)13-17-14-29(82(74,75)76)33(34(58)30(17)31(32)43)57-55-25-16-21(6-12-27(25)80(68,69)70)47-40-51-36(42)49-38(53-40)45-19-3-9-23(10-4-19)78(62,63)64/h1-16,55H,43H2,(H,59,60,61)(H,62,63,64)(H,65,66,67)(H,68,69,70)(H,71,72,73)(H,74,75,76)(H2,44,46,48,50,52)(H2,45,47,49,51,53)/b56-54?,57-33-. The molecule has 13 N–H and O–H groups in total. The summed E-state index contributed by atoms with van der Waals surface area (Å²) in [6.45, 7) is 0. The first kappa shape index (κ1) is 59.8. The number of azo groups is 1. The summed E-state index contributed by atoms with van der Waals surface area (Å²) in [5.41, 5.74) is 1.84. The molecule has 428 valence electrons. The fraction of sp³-hybridized carbons (Fsp3) is 0. The summed E-state index contributed by atoms with van der Waals surface area (Å²) < 4.78 is 207. The van der Waals surface area contributed by atoms with Gasteiger partial charge in [-0.15, -0.1) is 10.2 Å². The molecule has 0 unspecified atom stereocenters. The van der Waals surface area contributed by atoms with Crippen LogP contribution in [0.25, 0.3) is 6.08 Å². The molecule has 7 aromatic rings. The number of carbonyl (C=O) groups is 1. The molecule has 0 aliphatic heterocycles. The molecule has 0 amide bonds. The maximum atomic E-state index is 14.4. The van der Waals surface area contributed by atoms with Gasteiger partial charge in [0.15, 0.2) is 5.71 Å². The number of nitrogens with zero attached hydrogens (tertiary/aromatic N) is 9. The second-order valence-electron chi connectivity index (χ2n) is 16.0. The summed E-state index contributed by atoms with van der Waals surface area (Å²) in [7, 11) is -30.7. The van der Waals surface area contributed by atoms with Crippen LogP contribution in [0, 0.1) is 0 Å². The number of aromatic nitrogens is 6. The Kier molecular flexibility index (Phi) is 16.2. The zero-order valence-corrected chi connectivity index (χ0v) is 45.9. The highest BCUT2D eigenvalue weighted by molar-refractivity contribution is 7.91. The number of hydrogen-bond acceptors (Lipinski definition) is 28. The predicted molar refractivity (Wildman–Crippen MR) is 288 cm³/mol. The summed E-state index contributed by atoms with van der Waals surface area (Å²) >= 11 is 12.2. The van der Waals surface area contributed by atoms with Gasteiger partial charge in [-0.1, -0.05) is 0 Å². The monoisotopic (exact) mass is 1280 g/mol. The van der Waals surface area contributed by atoms with Gasteiger partial charge in [-0.05, 0) is 126 Å². The molecule has 42 heteroatoms. The van der Waals surface area contributed by atoms with Crippen LogP contribution in [0.5, 0.6) is 0 Å². The summed E-state index contributed by atoms with van der Waals surface area (Å²) in [6.07, 6.45) is 0.457. The molecule has 1 aliphatic rings. The Labute approximate surface area is 470 Å². The van der Waals surface area contributed by atoms with Crippen molar-refractivity contribution in [2.24, 2.45) is 15.3 Å². The van der Waals surface area contributed by atoms with Gasteiger partial charge in [-0.25, -0.2) is 0 Å². The molecule has 2 heterocycles. The van der Waals surface area contributed by atoms with E-state index in [0.717, 1.165) is 60.7 Å². The lowest BCUT2D eigenvalue weighted by atomic mass is 9.92. The Morgan fingerprint density at radius 3 is 1.30 bits per heavy atom. The summed E-state index contributed by atoms with van der Waals surface area (Å²) in [5.74, 6) is -2.79. The minimum atomic E-state index is -5.59. The Morgan fingerprint density at radius 1 is 0.463 bits per heavy atom. The average Bonchev–Trinajstić information content (AvgIpc) is 1.54. The van der Waals surface area contributed by atoms with Crippen LogP contribution in [0.15, 0.2) is 136 Å². The fourth-order valence-electron chi connectivity index (χ4n) is 6.99. The number of fused-ring (bicyclic) bond motifs is 1.